The fourth-order valence-electron chi connectivity index (χ4n) is 3.22. The van der Waals surface area contributed by atoms with Crippen LogP contribution in [0, 0.1) is 11.8 Å². The Bertz CT molecular complexity index is 1010. The number of nitrogens with one attached hydrogen (secondary N) is 2. The Morgan fingerprint density at radius 2 is 1.91 bits per heavy atom. The van der Waals surface area contributed by atoms with Crippen LogP contribution in [0.3, 0.4) is 0 Å². The van der Waals surface area contributed by atoms with Crippen LogP contribution in [0.4, 0.5) is 4.39 Å². The summed E-state index contributed by atoms with van der Waals surface area (Å²) in [6.45, 7) is 3.41. The van der Waals surface area contributed by atoms with Gasteiger partial charge in [-0.25, -0.2) is 9.40 Å². The summed E-state index contributed by atoms with van der Waals surface area (Å²) in [5.41, 5.74) is 5.98. The Labute approximate surface area is 194 Å². The Morgan fingerprint density at radius 3 is 2.50 bits per heavy atom. The van der Waals surface area contributed by atoms with Crippen molar-refractivity contribution in [3.63, 3.8) is 0 Å². The average Bonchev–Trinajstić information content (AvgIpc) is 3.12. The minimum absolute atomic E-state index is 0.0526. The molecule has 2 rings (SSSR count). The van der Waals surface area contributed by atoms with E-state index >= 15 is 0 Å². The number of fused-ring (bicyclic) bond motifs is 1. The number of nitrogens with two attached hydrogens (primary N) is 1. The minimum Gasteiger partial charge on any atom is -0.370 e. The first-order valence-corrected chi connectivity index (χ1v) is 10.8. The molecule has 11 heteroatoms. The van der Waals surface area contributed by atoms with E-state index in [0.717, 1.165) is 10.9 Å². The van der Waals surface area contributed by atoms with Crippen LogP contribution in [-0.4, -0.2) is 45.7 Å². The Morgan fingerprint density at radius 1 is 1.22 bits per heavy atom. The molecule has 32 heavy (non-hydrogen) atoms. The molecule has 0 aliphatic carbocycles. The van der Waals surface area contributed by atoms with Crippen molar-refractivity contribution in [2.45, 2.75) is 38.7 Å². The highest BCUT2D eigenvalue weighted by Gasteiger charge is 2.29. The van der Waals surface area contributed by atoms with E-state index in [1.807, 2.05) is 13.8 Å². The number of aromatic amines is 1. The number of hydrogen-bond donors (Lipinski definition) is 3. The van der Waals surface area contributed by atoms with Gasteiger partial charge in [0.2, 0.25) is 11.8 Å². The van der Waals surface area contributed by atoms with Crippen molar-refractivity contribution in [2.24, 2.45) is 17.6 Å². The van der Waals surface area contributed by atoms with Gasteiger partial charge in [0.15, 0.2) is 5.78 Å². The second kappa shape index (κ2) is 11.3. The van der Waals surface area contributed by atoms with E-state index < -0.39 is 29.3 Å². The standard InChI is InChI=1S/C21H25Cl2FN4O4/c1-11(2)7-13(20(31)27-28(6-5-18(25)30)21(32)19(23)24)10-17(29)16-9-12-8-14(22)3-4-15(12)26-16/h3-4,8-9,11,13,19,26H,5-7,10H2,1-2H3,(H2,25,30)(H,27,31)/t13-,19-/m1/s1. The number of Topliss-reactive ketones (excluding diaryl/α,β-unsaturated/α-hetero) is 1. The van der Waals surface area contributed by atoms with Crippen LogP contribution >= 0.6 is 23.2 Å². The normalized spacial score (nSPS) is 13.1. The smallest absolute Gasteiger partial charge is 0.291 e. The Balaban J connectivity index is 2.18. The van der Waals surface area contributed by atoms with Gasteiger partial charge in [0.05, 0.1) is 12.2 Å². The zero-order valence-corrected chi connectivity index (χ0v) is 19.2. The molecule has 0 bridgehead atoms. The van der Waals surface area contributed by atoms with Crippen LogP contribution in [-0.2, 0) is 14.4 Å². The molecular formula is C21H25Cl2FN4O4. The average molecular weight is 487 g/mol. The summed E-state index contributed by atoms with van der Waals surface area (Å²) < 4.78 is 13.3. The zero-order chi connectivity index (χ0) is 24.0. The number of ketones is 1. The van der Waals surface area contributed by atoms with Crippen molar-refractivity contribution in [2.75, 3.05) is 6.54 Å². The number of hydrazine groups is 1. The van der Waals surface area contributed by atoms with E-state index in [9.17, 15) is 23.6 Å². The molecule has 2 aromatic rings. The third-order valence-electron chi connectivity index (χ3n) is 4.72. The molecule has 174 valence electrons. The second-order valence-corrected chi connectivity index (χ2v) is 8.67. The summed E-state index contributed by atoms with van der Waals surface area (Å²) in [6.07, 6.45) is -0.120. The topological polar surface area (TPSA) is 125 Å². The van der Waals surface area contributed by atoms with Gasteiger partial charge in [-0.2, -0.15) is 0 Å². The number of aromatic nitrogens is 1. The summed E-state index contributed by atoms with van der Waals surface area (Å²) >= 11 is 11.2. The minimum atomic E-state index is -2.41. The maximum atomic E-state index is 13.3. The first-order chi connectivity index (χ1) is 15.0. The highest BCUT2D eigenvalue weighted by atomic mass is 35.5. The molecule has 4 N–H and O–H groups in total. The molecule has 0 fully saturated rings. The highest BCUT2D eigenvalue weighted by molar-refractivity contribution is 6.31. The van der Waals surface area contributed by atoms with Crippen molar-refractivity contribution in [3.05, 3.63) is 35.0 Å². The van der Waals surface area contributed by atoms with Gasteiger partial charge in [0, 0.05) is 34.7 Å². The lowest BCUT2D eigenvalue weighted by Crippen LogP contribution is -2.51. The van der Waals surface area contributed by atoms with E-state index in [4.69, 9.17) is 28.9 Å². The predicted octanol–water partition coefficient (Wildman–Crippen LogP) is 3.33. The van der Waals surface area contributed by atoms with Crippen LogP contribution in [0.5, 0.6) is 0 Å². The number of nitrogens with zero attached hydrogens (tertiary/aromatic N) is 1. The van der Waals surface area contributed by atoms with Gasteiger partial charge in [-0.3, -0.25) is 24.6 Å². The first kappa shape index (κ1) is 25.6. The molecule has 1 heterocycles. The van der Waals surface area contributed by atoms with Crippen LogP contribution in [0.1, 0.15) is 43.6 Å². The molecule has 1 aromatic carbocycles. The summed E-state index contributed by atoms with van der Waals surface area (Å²) in [7, 11) is 0. The molecule has 3 amide bonds. The third-order valence-corrected chi connectivity index (χ3v) is 5.14. The summed E-state index contributed by atoms with van der Waals surface area (Å²) in [6, 6.07) is 6.80. The van der Waals surface area contributed by atoms with E-state index in [2.05, 4.69) is 10.4 Å². The molecule has 0 aliphatic heterocycles. The van der Waals surface area contributed by atoms with Crippen molar-refractivity contribution >= 4 is 57.6 Å². The van der Waals surface area contributed by atoms with Gasteiger partial charge in [0.25, 0.3) is 11.5 Å². The van der Waals surface area contributed by atoms with Crippen molar-refractivity contribution < 1.29 is 23.6 Å². The maximum Gasteiger partial charge on any atom is 0.291 e. The number of carbonyl (C=O) groups excluding carboxylic acids is 4. The summed E-state index contributed by atoms with van der Waals surface area (Å²) in [5, 5.41) is 1.90. The molecule has 0 saturated heterocycles. The molecule has 1 aromatic heterocycles. The van der Waals surface area contributed by atoms with Gasteiger partial charge in [0.1, 0.15) is 0 Å². The van der Waals surface area contributed by atoms with Gasteiger partial charge < -0.3 is 10.7 Å². The largest absolute Gasteiger partial charge is 0.370 e. The third kappa shape index (κ3) is 7.20. The van der Waals surface area contributed by atoms with Crippen LogP contribution in [0.25, 0.3) is 10.9 Å². The lowest BCUT2D eigenvalue weighted by atomic mass is 9.91. The van der Waals surface area contributed by atoms with Gasteiger partial charge >= 0.3 is 0 Å². The summed E-state index contributed by atoms with van der Waals surface area (Å²) in [4.78, 5) is 51.8. The highest BCUT2D eigenvalue weighted by Crippen LogP contribution is 2.23. The molecule has 0 aliphatic rings. The van der Waals surface area contributed by atoms with Crippen molar-refractivity contribution in [3.8, 4) is 0 Å². The fraction of sp³-hybridized carbons (Fsp3) is 0.429. The number of amides is 3. The number of carbonyl (C=O) groups is 4. The van der Waals surface area contributed by atoms with Crippen molar-refractivity contribution in [1.82, 2.24) is 15.4 Å². The Hall–Kier alpha value is -2.65. The fourth-order valence-corrected chi connectivity index (χ4v) is 3.52. The zero-order valence-electron chi connectivity index (χ0n) is 17.7. The predicted molar refractivity (Wildman–Crippen MR) is 120 cm³/mol. The molecule has 0 unspecified atom stereocenters. The monoisotopic (exact) mass is 486 g/mol. The quantitative estimate of drug-likeness (QED) is 0.270. The van der Waals surface area contributed by atoms with Crippen LogP contribution in [0.15, 0.2) is 24.3 Å². The number of primary amides is 1. The number of benzene rings is 1. The van der Waals surface area contributed by atoms with Gasteiger partial charge in [-0.05, 0) is 36.6 Å². The van der Waals surface area contributed by atoms with E-state index in [1.165, 1.54) is 0 Å². The van der Waals surface area contributed by atoms with Crippen LogP contribution in [0.2, 0.25) is 5.02 Å². The number of rotatable bonds is 10. The number of H-pyrrole nitrogens is 1. The molecule has 0 spiro atoms. The van der Waals surface area contributed by atoms with E-state index in [0.29, 0.717) is 22.1 Å². The lowest BCUT2D eigenvalue weighted by Gasteiger charge is -2.26. The van der Waals surface area contributed by atoms with Crippen molar-refractivity contribution in [1.29, 1.82) is 0 Å². The SMILES string of the molecule is CC(C)C[C@H](CC(=O)c1cc2cc(Cl)ccc2[nH]1)C(=O)NN(CCC(N)=O)C(=O)[C@@H](F)Cl. The lowest BCUT2D eigenvalue weighted by molar-refractivity contribution is -0.145. The molecule has 0 saturated carbocycles. The molecule has 0 radical (unpaired) electrons. The maximum absolute atomic E-state index is 13.3. The van der Waals surface area contributed by atoms with Crippen LogP contribution < -0.4 is 11.2 Å². The molecule has 2 atom stereocenters. The van der Waals surface area contributed by atoms with E-state index in [-0.39, 0.29) is 31.1 Å². The van der Waals surface area contributed by atoms with Gasteiger partial charge in [-0.1, -0.05) is 37.0 Å². The second-order valence-electron chi connectivity index (χ2n) is 7.85. The molecular weight excluding hydrogens is 462 g/mol. The number of hydrogen-bond acceptors (Lipinski definition) is 4. The molecule has 8 nitrogen and oxygen atoms in total. The van der Waals surface area contributed by atoms with E-state index in [1.54, 1.807) is 24.3 Å². The Kier molecular flexibility index (Phi) is 9.03. The number of halogens is 3. The summed E-state index contributed by atoms with van der Waals surface area (Å²) in [5.74, 6) is -3.71. The first-order valence-electron chi connectivity index (χ1n) is 9.97. The number of alkyl halides is 2. The van der Waals surface area contributed by atoms with Gasteiger partial charge in [-0.15, -0.1) is 0 Å².